The van der Waals surface area contributed by atoms with E-state index in [0.29, 0.717) is 22.5 Å². The second kappa shape index (κ2) is 7.67. The number of carbonyl (C=O) groups excluding carboxylic acids is 2. The molecule has 1 aromatic carbocycles. The number of hydrogen-bond donors (Lipinski definition) is 1. The van der Waals surface area contributed by atoms with Crippen LogP contribution >= 0.6 is 0 Å². The molecule has 0 amide bonds. The van der Waals surface area contributed by atoms with Gasteiger partial charge in [0.05, 0.1) is 42.5 Å². The summed E-state index contributed by atoms with van der Waals surface area (Å²) in [5.74, 6) is -1.03. The van der Waals surface area contributed by atoms with E-state index in [9.17, 15) is 19.5 Å². The van der Waals surface area contributed by atoms with Gasteiger partial charge in [0, 0.05) is 17.0 Å². The topological polar surface area (TPSA) is 108 Å². The third-order valence-corrected chi connectivity index (χ3v) is 6.48. The zero-order valence-corrected chi connectivity index (χ0v) is 18.3. The highest BCUT2D eigenvalue weighted by atomic mass is 16.5. The van der Waals surface area contributed by atoms with Crippen molar-refractivity contribution in [2.75, 3.05) is 7.11 Å². The zero-order valence-electron chi connectivity index (χ0n) is 18.3. The number of rotatable bonds is 3. The number of aromatic nitrogens is 2. The highest BCUT2D eigenvalue weighted by Gasteiger charge is 2.39. The summed E-state index contributed by atoms with van der Waals surface area (Å²) in [6, 6.07) is 9.29. The fourth-order valence-electron chi connectivity index (χ4n) is 4.67. The lowest BCUT2D eigenvalue weighted by Crippen LogP contribution is -2.32. The second-order valence-electron chi connectivity index (χ2n) is 8.26. The van der Waals surface area contributed by atoms with Crippen LogP contribution in [0.15, 0.2) is 41.2 Å². The van der Waals surface area contributed by atoms with Crippen LogP contribution in [0.1, 0.15) is 42.0 Å². The summed E-state index contributed by atoms with van der Waals surface area (Å²) in [6.07, 6.45) is 3.06. The minimum Gasteiger partial charge on any atom is -0.466 e. The third-order valence-electron chi connectivity index (χ3n) is 6.48. The Balaban J connectivity index is 1.79. The molecular weight excluding hydrogens is 424 g/mol. The van der Waals surface area contributed by atoms with Gasteiger partial charge in [-0.05, 0) is 35.8 Å². The molecule has 168 valence electrons. The summed E-state index contributed by atoms with van der Waals surface area (Å²) in [5, 5.41) is 12.1. The fraction of sp³-hybridized carbons (Fsp3) is 0.280. The minimum absolute atomic E-state index is 0.184. The number of methoxy groups -OCH3 is 1. The smallest absolute Gasteiger partial charge is 0.330 e. The van der Waals surface area contributed by atoms with E-state index < -0.39 is 17.5 Å². The molecule has 0 spiro atoms. The molecule has 0 saturated carbocycles. The van der Waals surface area contributed by atoms with Crippen molar-refractivity contribution in [2.24, 2.45) is 0 Å². The maximum Gasteiger partial charge on any atom is 0.330 e. The number of hydrogen-bond acceptors (Lipinski definition) is 7. The summed E-state index contributed by atoms with van der Waals surface area (Å²) in [6.45, 7) is 1.83. The maximum atomic E-state index is 13.5. The van der Waals surface area contributed by atoms with E-state index in [-0.39, 0.29) is 37.1 Å². The van der Waals surface area contributed by atoms with Crippen molar-refractivity contribution in [2.45, 2.75) is 38.5 Å². The lowest BCUT2D eigenvalue weighted by molar-refractivity contribution is -0.149. The van der Waals surface area contributed by atoms with Crippen molar-refractivity contribution in [3.63, 3.8) is 0 Å². The first kappa shape index (κ1) is 21.1. The second-order valence-corrected chi connectivity index (χ2v) is 8.26. The van der Waals surface area contributed by atoms with Gasteiger partial charge in [0.1, 0.15) is 12.2 Å². The number of benzene rings is 1. The number of ether oxygens (including phenoxy) is 2. The van der Waals surface area contributed by atoms with E-state index in [4.69, 9.17) is 14.5 Å². The highest BCUT2D eigenvalue weighted by molar-refractivity contribution is 5.97. The van der Waals surface area contributed by atoms with Gasteiger partial charge in [-0.2, -0.15) is 0 Å². The van der Waals surface area contributed by atoms with Crippen LogP contribution in [0.5, 0.6) is 0 Å². The maximum absolute atomic E-state index is 13.5. The molecule has 4 heterocycles. The molecule has 1 atom stereocenters. The van der Waals surface area contributed by atoms with Gasteiger partial charge in [0.25, 0.3) is 5.56 Å². The number of cyclic esters (lactones) is 1. The number of aliphatic hydroxyl groups is 1. The van der Waals surface area contributed by atoms with Crippen molar-refractivity contribution in [3.05, 3.63) is 69.0 Å². The molecule has 2 aliphatic heterocycles. The Hall–Kier alpha value is -3.78. The molecule has 0 fully saturated rings. The van der Waals surface area contributed by atoms with Gasteiger partial charge in [0.2, 0.25) is 0 Å². The average Bonchev–Trinajstić information content (AvgIpc) is 3.12. The SMILES string of the molecule is CCC1(O)CC(=O)OCc2c1cc1n(c2=O)Cc2c-1nc1ccccc1c2/C=C/C(=O)OC. The van der Waals surface area contributed by atoms with Crippen molar-refractivity contribution >= 4 is 28.9 Å². The molecule has 1 unspecified atom stereocenters. The Bertz CT molecular complexity index is 1420. The average molecular weight is 446 g/mol. The quantitative estimate of drug-likeness (QED) is 0.381. The molecule has 8 nitrogen and oxygen atoms in total. The molecule has 33 heavy (non-hydrogen) atoms. The zero-order chi connectivity index (χ0) is 23.3. The molecular formula is C25H22N2O6. The molecule has 0 aliphatic carbocycles. The van der Waals surface area contributed by atoms with Crippen LogP contribution in [-0.4, -0.2) is 33.7 Å². The molecule has 8 heteroatoms. The van der Waals surface area contributed by atoms with Crippen molar-refractivity contribution in [1.82, 2.24) is 9.55 Å². The Morgan fingerprint density at radius 1 is 1.30 bits per heavy atom. The summed E-state index contributed by atoms with van der Waals surface area (Å²) < 4.78 is 11.5. The van der Waals surface area contributed by atoms with Gasteiger partial charge in [-0.1, -0.05) is 25.1 Å². The monoisotopic (exact) mass is 446 g/mol. The van der Waals surface area contributed by atoms with E-state index >= 15 is 0 Å². The van der Waals surface area contributed by atoms with Gasteiger partial charge < -0.3 is 19.1 Å². The number of para-hydroxylation sites is 1. The van der Waals surface area contributed by atoms with Crippen LogP contribution < -0.4 is 5.56 Å². The first-order chi connectivity index (χ1) is 15.9. The molecule has 0 saturated heterocycles. The Morgan fingerprint density at radius 2 is 2.09 bits per heavy atom. The Labute approximate surface area is 189 Å². The van der Waals surface area contributed by atoms with Gasteiger partial charge >= 0.3 is 11.9 Å². The Morgan fingerprint density at radius 3 is 2.85 bits per heavy atom. The van der Waals surface area contributed by atoms with E-state index in [2.05, 4.69) is 0 Å². The van der Waals surface area contributed by atoms with E-state index in [1.165, 1.54) is 13.2 Å². The van der Waals surface area contributed by atoms with Crippen LogP contribution in [0.25, 0.3) is 28.4 Å². The summed E-state index contributed by atoms with van der Waals surface area (Å²) >= 11 is 0. The summed E-state index contributed by atoms with van der Waals surface area (Å²) in [5.41, 5.74) is 2.31. The van der Waals surface area contributed by atoms with E-state index in [1.807, 2.05) is 24.3 Å². The third kappa shape index (κ3) is 3.25. The lowest BCUT2D eigenvalue weighted by atomic mass is 9.85. The molecule has 1 N–H and O–H groups in total. The standard InChI is InChI=1S/C25H22N2O6/c1-3-25(31)11-22(29)33-13-17-18(25)10-20-23-16(12-27(20)24(17)30)14(8-9-21(28)32-2)15-6-4-5-7-19(15)26-23/h4-10,31H,3,11-13H2,1-2H3/b9-8+. The van der Waals surface area contributed by atoms with Crippen molar-refractivity contribution < 1.29 is 24.2 Å². The fourth-order valence-corrected chi connectivity index (χ4v) is 4.67. The summed E-state index contributed by atoms with van der Waals surface area (Å²) in [4.78, 5) is 42.2. The number of carbonyl (C=O) groups is 2. The normalized spacial score (nSPS) is 19.1. The number of nitrogens with zero attached hydrogens (tertiary/aromatic N) is 2. The number of esters is 2. The first-order valence-corrected chi connectivity index (χ1v) is 10.7. The van der Waals surface area contributed by atoms with Gasteiger partial charge in [0.15, 0.2) is 0 Å². The van der Waals surface area contributed by atoms with E-state index in [1.54, 1.807) is 23.6 Å². The van der Waals surface area contributed by atoms with Crippen LogP contribution in [0.4, 0.5) is 0 Å². The first-order valence-electron chi connectivity index (χ1n) is 10.7. The van der Waals surface area contributed by atoms with Gasteiger partial charge in [-0.25, -0.2) is 9.78 Å². The molecule has 2 aromatic heterocycles. The molecule has 0 bridgehead atoms. The Kier molecular flexibility index (Phi) is 4.90. The van der Waals surface area contributed by atoms with Crippen molar-refractivity contribution in [1.29, 1.82) is 0 Å². The number of fused-ring (bicyclic) bond motifs is 5. The molecule has 3 aromatic rings. The van der Waals surface area contributed by atoms with Gasteiger partial charge in [-0.15, -0.1) is 0 Å². The van der Waals surface area contributed by atoms with Crippen LogP contribution in [0.2, 0.25) is 0 Å². The number of pyridine rings is 2. The van der Waals surface area contributed by atoms with Gasteiger partial charge in [-0.3, -0.25) is 9.59 Å². The summed E-state index contributed by atoms with van der Waals surface area (Å²) in [7, 11) is 1.31. The minimum atomic E-state index is -1.50. The van der Waals surface area contributed by atoms with E-state index in [0.717, 1.165) is 16.5 Å². The largest absolute Gasteiger partial charge is 0.466 e. The molecule has 5 rings (SSSR count). The highest BCUT2D eigenvalue weighted by Crippen LogP contribution is 2.40. The predicted molar refractivity (Wildman–Crippen MR) is 120 cm³/mol. The molecule has 2 aliphatic rings. The predicted octanol–water partition coefficient (Wildman–Crippen LogP) is 2.66. The van der Waals surface area contributed by atoms with Crippen LogP contribution in [-0.2, 0) is 37.8 Å². The van der Waals surface area contributed by atoms with Crippen LogP contribution in [0.3, 0.4) is 0 Å². The lowest BCUT2D eigenvalue weighted by Gasteiger charge is -2.26. The molecule has 0 radical (unpaired) electrons. The van der Waals surface area contributed by atoms with Crippen molar-refractivity contribution in [3.8, 4) is 11.4 Å². The van der Waals surface area contributed by atoms with Crippen LogP contribution in [0, 0.1) is 0 Å².